The number of halogens is 3. The van der Waals surface area contributed by atoms with E-state index in [0.717, 1.165) is 6.07 Å². The highest BCUT2D eigenvalue weighted by molar-refractivity contribution is 5.39. The summed E-state index contributed by atoms with van der Waals surface area (Å²) in [5, 5.41) is 18.9. The van der Waals surface area contributed by atoms with Crippen molar-refractivity contribution in [2.45, 2.75) is 12.8 Å². The van der Waals surface area contributed by atoms with Gasteiger partial charge in [-0.3, -0.25) is 10.1 Å². The lowest BCUT2D eigenvalue weighted by molar-refractivity contribution is -0.386. The van der Waals surface area contributed by atoms with Crippen molar-refractivity contribution in [3.8, 4) is 11.9 Å². The van der Waals surface area contributed by atoms with Gasteiger partial charge < -0.3 is 4.74 Å². The van der Waals surface area contributed by atoms with E-state index in [0.29, 0.717) is 6.07 Å². The Morgan fingerprint density at radius 1 is 1.53 bits per heavy atom. The first kappa shape index (κ1) is 12.7. The maximum atomic E-state index is 11.9. The quantitative estimate of drug-likeness (QED) is 0.601. The number of nitrogens with zero attached hydrogens (tertiary/aromatic N) is 3. The van der Waals surface area contributed by atoms with Gasteiger partial charge in [0.15, 0.2) is 0 Å². The molecule has 0 bridgehead atoms. The van der Waals surface area contributed by atoms with E-state index in [1.54, 1.807) is 6.07 Å². The summed E-state index contributed by atoms with van der Waals surface area (Å²) in [4.78, 5) is 12.9. The van der Waals surface area contributed by atoms with Crippen LogP contribution in [0.15, 0.2) is 12.1 Å². The smallest absolute Gasteiger partial charge is 0.388 e. The maximum Gasteiger partial charge on any atom is 0.574 e. The summed E-state index contributed by atoms with van der Waals surface area (Å²) >= 11 is 0. The number of alkyl halides is 3. The summed E-state index contributed by atoms with van der Waals surface area (Å²) in [6.07, 6.45) is -5.42. The number of hydrogen-bond acceptors (Lipinski definition) is 5. The fourth-order valence-electron chi connectivity index (χ4n) is 1.02. The van der Waals surface area contributed by atoms with Crippen molar-refractivity contribution in [3.05, 3.63) is 27.9 Å². The molecule has 0 amide bonds. The van der Waals surface area contributed by atoms with Crippen LogP contribution in [-0.4, -0.2) is 16.3 Å². The minimum absolute atomic E-state index is 0.376. The van der Waals surface area contributed by atoms with Gasteiger partial charge >= 0.3 is 6.36 Å². The molecular weight excluding hydrogens is 243 g/mol. The van der Waals surface area contributed by atoms with Crippen molar-refractivity contribution in [1.29, 1.82) is 5.26 Å². The molecule has 90 valence electrons. The molecule has 17 heavy (non-hydrogen) atoms. The Labute approximate surface area is 92.4 Å². The molecule has 1 heterocycles. The SMILES string of the molecule is N#CCc1nc(OC(F)(F)F)ccc1[N+](=O)[O-]. The van der Waals surface area contributed by atoms with Crippen LogP contribution in [0.25, 0.3) is 0 Å². The van der Waals surface area contributed by atoms with Crippen molar-refractivity contribution < 1.29 is 22.8 Å². The van der Waals surface area contributed by atoms with E-state index in [1.165, 1.54) is 0 Å². The second kappa shape index (κ2) is 4.65. The van der Waals surface area contributed by atoms with E-state index in [9.17, 15) is 23.3 Å². The Balaban J connectivity index is 3.10. The molecular formula is C8H4F3N3O3. The highest BCUT2D eigenvalue weighted by Gasteiger charge is 2.32. The molecule has 0 saturated heterocycles. The maximum absolute atomic E-state index is 11.9. The molecule has 0 N–H and O–H groups in total. The zero-order chi connectivity index (χ0) is 13.1. The second-order valence-electron chi connectivity index (χ2n) is 2.76. The summed E-state index contributed by atoms with van der Waals surface area (Å²) in [6.45, 7) is 0. The minimum Gasteiger partial charge on any atom is -0.388 e. The molecule has 1 rings (SSSR count). The molecule has 6 nitrogen and oxygen atoms in total. The second-order valence-corrected chi connectivity index (χ2v) is 2.76. The molecule has 0 atom stereocenters. The van der Waals surface area contributed by atoms with Gasteiger partial charge in [0.25, 0.3) is 5.69 Å². The fourth-order valence-corrected chi connectivity index (χ4v) is 1.02. The molecule has 1 aromatic rings. The van der Waals surface area contributed by atoms with Gasteiger partial charge in [0, 0.05) is 12.1 Å². The predicted molar refractivity (Wildman–Crippen MR) is 46.9 cm³/mol. The van der Waals surface area contributed by atoms with Crippen LogP contribution in [0.1, 0.15) is 5.69 Å². The van der Waals surface area contributed by atoms with Crippen LogP contribution < -0.4 is 4.74 Å². The average molecular weight is 247 g/mol. The lowest BCUT2D eigenvalue weighted by atomic mass is 10.2. The van der Waals surface area contributed by atoms with Gasteiger partial charge in [0.05, 0.1) is 17.4 Å². The highest BCUT2D eigenvalue weighted by Crippen LogP contribution is 2.25. The van der Waals surface area contributed by atoms with E-state index in [2.05, 4.69) is 9.72 Å². The van der Waals surface area contributed by atoms with Crippen LogP contribution in [0, 0.1) is 21.4 Å². The van der Waals surface area contributed by atoms with Crippen LogP contribution in [-0.2, 0) is 6.42 Å². The number of aromatic nitrogens is 1. The topological polar surface area (TPSA) is 89.0 Å². The third-order valence-corrected chi connectivity index (χ3v) is 1.59. The summed E-state index contributed by atoms with van der Waals surface area (Å²) in [7, 11) is 0. The largest absolute Gasteiger partial charge is 0.574 e. The first-order valence-electron chi connectivity index (χ1n) is 4.10. The van der Waals surface area contributed by atoms with Crippen LogP contribution in [0.5, 0.6) is 5.88 Å². The van der Waals surface area contributed by atoms with Crippen LogP contribution in [0.2, 0.25) is 0 Å². The van der Waals surface area contributed by atoms with E-state index in [4.69, 9.17) is 5.26 Å². The van der Waals surface area contributed by atoms with E-state index >= 15 is 0 Å². The summed E-state index contributed by atoms with van der Waals surface area (Å²) < 4.78 is 39.1. The highest BCUT2D eigenvalue weighted by atomic mass is 19.4. The van der Waals surface area contributed by atoms with Crippen LogP contribution in [0.4, 0.5) is 18.9 Å². The summed E-state index contributed by atoms with van der Waals surface area (Å²) in [6, 6.07) is 3.09. The Bertz CT molecular complexity index is 481. The molecule has 1 aromatic heterocycles. The van der Waals surface area contributed by atoms with Gasteiger partial charge in [-0.2, -0.15) is 5.26 Å². The molecule has 9 heteroatoms. The minimum atomic E-state index is -4.94. The Kier molecular flexibility index (Phi) is 3.47. The fraction of sp³-hybridized carbons (Fsp3) is 0.250. The van der Waals surface area contributed by atoms with Gasteiger partial charge in [0.2, 0.25) is 5.88 Å². The van der Waals surface area contributed by atoms with Crippen LogP contribution >= 0.6 is 0 Å². The summed E-state index contributed by atoms with van der Waals surface area (Å²) in [5.74, 6) is -0.839. The number of rotatable bonds is 3. The Morgan fingerprint density at radius 3 is 2.65 bits per heavy atom. The number of ether oxygens (including phenoxy) is 1. The number of pyridine rings is 1. The molecule has 0 radical (unpaired) electrons. The molecule has 0 saturated carbocycles. The molecule has 0 unspecified atom stereocenters. The molecule has 0 fully saturated rings. The van der Waals surface area contributed by atoms with Crippen molar-refractivity contribution in [2.75, 3.05) is 0 Å². The number of hydrogen-bond donors (Lipinski definition) is 0. The van der Waals surface area contributed by atoms with Crippen LogP contribution in [0.3, 0.4) is 0 Å². The van der Waals surface area contributed by atoms with Gasteiger partial charge in [-0.1, -0.05) is 0 Å². The van der Waals surface area contributed by atoms with Gasteiger partial charge in [-0.25, -0.2) is 4.98 Å². The molecule has 0 aliphatic rings. The lowest BCUT2D eigenvalue weighted by Crippen LogP contribution is -2.18. The number of nitriles is 1. The molecule has 0 spiro atoms. The van der Waals surface area contributed by atoms with Crippen molar-refractivity contribution in [1.82, 2.24) is 4.98 Å². The predicted octanol–water partition coefficient (Wildman–Crippen LogP) is 1.95. The lowest BCUT2D eigenvalue weighted by Gasteiger charge is -2.08. The van der Waals surface area contributed by atoms with E-state index in [-0.39, 0.29) is 5.69 Å². The first-order chi connectivity index (χ1) is 7.83. The van der Waals surface area contributed by atoms with E-state index in [1.807, 2.05) is 0 Å². The van der Waals surface area contributed by atoms with Crippen molar-refractivity contribution in [3.63, 3.8) is 0 Å². The van der Waals surface area contributed by atoms with E-state index < -0.39 is 29.3 Å². The van der Waals surface area contributed by atoms with Gasteiger partial charge in [-0.05, 0) is 0 Å². The first-order valence-corrected chi connectivity index (χ1v) is 4.10. The molecule has 0 aromatic carbocycles. The standard InChI is InChI=1S/C8H4F3N3O3/c9-8(10,11)17-7-2-1-6(14(15)16)5(13-7)3-4-12/h1-2H,3H2. The third kappa shape index (κ3) is 3.60. The normalized spacial score (nSPS) is 10.7. The Hall–Kier alpha value is -2.37. The van der Waals surface area contributed by atoms with Gasteiger partial charge in [-0.15, -0.1) is 13.2 Å². The van der Waals surface area contributed by atoms with Crippen molar-refractivity contribution >= 4 is 5.69 Å². The molecule has 0 aliphatic heterocycles. The van der Waals surface area contributed by atoms with Crippen molar-refractivity contribution in [2.24, 2.45) is 0 Å². The zero-order valence-electron chi connectivity index (χ0n) is 8.06. The number of nitro groups is 1. The summed E-state index contributed by atoms with van der Waals surface area (Å²) in [5.41, 5.74) is -0.902. The monoisotopic (exact) mass is 247 g/mol. The average Bonchev–Trinajstić information content (AvgIpc) is 2.15. The third-order valence-electron chi connectivity index (χ3n) is 1.59. The van der Waals surface area contributed by atoms with Gasteiger partial charge in [0.1, 0.15) is 5.69 Å². The zero-order valence-corrected chi connectivity index (χ0v) is 8.06. The Morgan fingerprint density at radius 2 is 2.18 bits per heavy atom. The molecule has 0 aliphatic carbocycles.